The third kappa shape index (κ3) is 6.57. The van der Waals surface area contributed by atoms with Crippen molar-refractivity contribution in [2.75, 3.05) is 45.9 Å². The molecule has 0 spiro atoms. The van der Waals surface area contributed by atoms with Gasteiger partial charge in [-0.2, -0.15) is 0 Å². The third-order valence-electron chi connectivity index (χ3n) is 4.68. The number of nitrogens with zero attached hydrogens (tertiary/aromatic N) is 3. The second-order valence-corrected chi connectivity index (χ2v) is 9.05. The van der Waals surface area contributed by atoms with Gasteiger partial charge in [0.25, 0.3) is 5.91 Å². The maximum Gasteiger partial charge on any atom is 0.251 e. The van der Waals surface area contributed by atoms with Gasteiger partial charge in [0.1, 0.15) is 6.10 Å². The fourth-order valence-corrected chi connectivity index (χ4v) is 4.77. The summed E-state index contributed by atoms with van der Waals surface area (Å²) in [7, 11) is 0. The zero-order valence-corrected chi connectivity index (χ0v) is 20.4. The van der Waals surface area contributed by atoms with Crippen LogP contribution in [0.15, 0.2) is 20.9 Å². The first-order valence-corrected chi connectivity index (χ1v) is 11.0. The molecule has 2 aliphatic rings. The summed E-state index contributed by atoms with van der Waals surface area (Å²) in [5.41, 5.74) is 0. The fourth-order valence-electron chi connectivity index (χ4n) is 3.30. The third-order valence-corrected chi connectivity index (χ3v) is 6.36. The Hall–Kier alpha value is -0.390. The van der Waals surface area contributed by atoms with E-state index in [9.17, 15) is 4.79 Å². The van der Waals surface area contributed by atoms with E-state index in [2.05, 4.69) is 45.2 Å². The van der Waals surface area contributed by atoms with Crippen molar-refractivity contribution in [3.05, 3.63) is 20.8 Å². The van der Waals surface area contributed by atoms with Crippen LogP contribution in [0.5, 0.6) is 0 Å². The molecule has 9 heteroatoms. The minimum Gasteiger partial charge on any atom is -0.368 e. The number of nitrogens with one attached hydrogen (secondary N) is 1. The van der Waals surface area contributed by atoms with Crippen molar-refractivity contribution in [3.63, 3.8) is 0 Å². The van der Waals surface area contributed by atoms with Gasteiger partial charge in [-0.3, -0.25) is 9.79 Å². The summed E-state index contributed by atoms with van der Waals surface area (Å²) in [6.45, 7) is 7.52. The molecule has 1 unspecified atom stereocenters. The van der Waals surface area contributed by atoms with Crippen molar-refractivity contribution in [2.24, 2.45) is 4.99 Å². The van der Waals surface area contributed by atoms with E-state index >= 15 is 0 Å². The zero-order chi connectivity index (χ0) is 18.4. The predicted octanol–water partition coefficient (Wildman–Crippen LogP) is 2.96. The first-order chi connectivity index (χ1) is 12.7. The highest BCUT2D eigenvalue weighted by Crippen LogP contribution is 2.22. The van der Waals surface area contributed by atoms with E-state index in [0.29, 0.717) is 6.61 Å². The summed E-state index contributed by atoms with van der Waals surface area (Å²) >= 11 is 5.26. The summed E-state index contributed by atoms with van der Waals surface area (Å²) in [4.78, 5) is 22.8. The van der Waals surface area contributed by atoms with E-state index in [-0.39, 0.29) is 36.0 Å². The SMILES string of the molecule is CCNC(=NCCc1ccc(Br)s1)N1CCN(C(=O)C2CCCO2)CC1.I. The van der Waals surface area contributed by atoms with Crippen molar-refractivity contribution >= 4 is 63.1 Å². The summed E-state index contributed by atoms with van der Waals surface area (Å²) in [6.07, 6.45) is 2.59. The largest absolute Gasteiger partial charge is 0.368 e. The lowest BCUT2D eigenvalue weighted by molar-refractivity contribution is -0.142. The van der Waals surface area contributed by atoms with Crippen LogP contribution >= 0.6 is 51.2 Å². The van der Waals surface area contributed by atoms with Crippen molar-refractivity contribution in [2.45, 2.75) is 32.3 Å². The summed E-state index contributed by atoms with van der Waals surface area (Å²) in [5, 5.41) is 3.38. The van der Waals surface area contributed by atoms with Crippen LogP contribution in [0.2, 0.25) is 0 Å². The number of amides is 1. The number of piperazine rings is 1. The number of ether oxygens (including phenoxy) is 1. The van der Waals surface area contributed by atoms with E-state index in [1.165, 1.54) is 4.88 Å². The van der Waals surface area contributed by atoms with Gasteiger partial charge in [0, 0.05) is 57.2 Å². The van der Waals surface area contributed by atoms with Crippen LogP contribution in [0, 0.1) is 0 Å². The van der Waals surface area contributed by atoms with E-state index in [1.54, 1.807) is 11.3 Å². The van der Waals surface area contributed by atoms with E-state index in [0.717, 1.165) is 68.3 Å². The standard InChI is InChI=1S/C18H27BrN4O2S.HI/c1-2-20-18(21-8-7-14-5-6-16(19)26-14)23-11-9-22(10-12-23)17(24)15-4-3-13-25-15;/h5-6,15H,2-4,7-13H2,1H3,(H,20,21);1H. The number of hydrogen-bond donors (Lipinski definition) is 1. The molecular weight excluding hydrogens is 543 g/mol. The molecule has 3 rings (SSSR count). The Labute approximate surface area is 190 Å². The van der Waals surface area contributed by atoms with Crippen LogP contribution < -0.4 is 5.32 Å². The van der Waals surface area contributed by atoms with Crippen LogP contribution in [0.25, 0.3) is 0 Å². The van der Waals surface area contributed by atoms with Gasteiger partial charge in [-0.25, -0.2) is 0 Å². The van der Waals surface area contributed by atoms with Crippen LogP contribution in [0.1, 0.15) is 24.6 Å². The Morgan fingerprint density at radius 2 is 2.07 bits per heavy atom. The summed E-state index contributed by atoms with van der Waals surface area (Å²) in [6, 6.07) is 4.23. The van der Waals surface area contributed by atoms with Crippen molar-refractivity contribution < 1.29 is 9.53 Å². The topological polar surface area (TPSA) is 57.2 Å². The Balaban J connectivity index is 0.00000261. The molecule has 3 heterocycles. The number of rotatable bonds is 5. The molecule has 2 saturated heterocycles. The second-order valence-electron chi connectivity index (χ2n) is 6.51. The molecule has 0 aromatic carbocycles. The smallest absolute Gasteiger partial charge is 0.251 e. The van der Waals surface area contributed by atoms with Gasteiger partial charge >= 0.3 is 0 Å². The highest BCUT2D eigenvalue weighted by atomic mass is 127. The van der Waals surface area contributed by atoms with Gasteiger partial charge in [0.15, 0.2) is 5.96 Å². The van der Waals surface area contributed by atoms with Crippen molar-refractivity contribution in [1.29, 1.82) is 0 Å². The maximum absolute atomic E-state index is 12.5. The molecule has 6 nitrogen and oxygen atoms in total. The van der Waals surface area contributed by atoms with Gasteiger partial charge in [-0.1, -0.05) is 0 Å². The number of thiophene rings is 1. The van der Waals surface area contributed by atoms with Crippen LogP contribution in [-0.2, 0) is 16.0 Å². The molecule has 0 bridgehead atoms. The quantitative estimate of drug-likeness (QED) is 0.336. The lowest BCUT2D eigenvalue weighted by Crippen LogP contribution is -2.55. The van der Waals surface area contributed by atoms with Crippen LogP contribution in [-0.4, -0.2) is 73.6 Å². The Kier molecular flexibility index (Phi) is 9.81. The maximum atomic E-state index is 12.5. The molecule has 1 aromatic rings. The minimum atomic E-state index is -0.214. The van der Waals surface area contributed by atoms with Gasteiger partial charge in [-0.05, 0) is 47.8 Å². The van der Waals surface area contributed by atoms with E-state index < -0.39 is 0 Å². The van der Waals surface area contributed by atoms with Crippen LogP contribution in [0.3, 0.4) is 0 Å². The van der Waals surface area contributed by atoms with Crippen LogP contribution in [0.4, 0.5) is 0 Å². The molecule has 1 N–H and O–H groups in total. The molecular formula is C18H28BrIN4O2S. The van der Waals surface area contributed by atoms with Gasteiger partial charge < -0.3 is 19.9 Å². The number of halogens is 2. The molecule has 27 heavy (non-hydrogen) atoms. The molecule has 1 amide bonds. The lowest BCUT2D eigenvalue weighted by atomic mass is 10.2. The van der Waals surface area contributed by atoms with Crippen molar-refractivity contribution in [1.82, 2.24) is 15.1 Å². The second kappa shape index (κ2) is 11.6. The highest BCUT2D eigenvalue weighted by molar-refractivity contribution is 14.0. The first kappa shape index (κ1) is 22.9. The van der Waals surface area contributed by atoms with E-state index in [1.807, 2.05) is 4.90 Å². The zero-order valence-electron chi connectivity index (χ0n) is 15.7. The molecule has 152 valence electrons. The van der Waals surface area contributed by atoms with Gasteiger partial charge in [0.2, 0.25) is 0 Å². The predicted molar refractivity (Wildman–Crippen MR) is 124 cm³/mol. The van der Waals surface area contributed by atoms with Gasteiger partial charge in [-0.15, -0.1) is 35.3 Å². The lowest BCUT2D eigenvalue weighted by Gasteiger charge is -2.37. The van der Waals surface area contributed by atoms with Gasteiger partial charge in [0.05, 0.1) is 3.79 Å². The average Bonchev–Trinajstić information content (AvgIpc) is 3.32. The molecule has 0 saturated carbocycles. The normalized spacial score (nSPS) is 20.5. The Bertz CT molecular complexity index is 629. The summed E-state index contributed by atoms with van der Waals surface area (Å²) in [5.74, 6) is 1.11. The number of carbonyl (C=O) groups excluding carboxylic acids is 1. The minimum absolute atomic E-state index is 0. The molecule has 1 aromatic heterocycles. The Morgan fingerprint density at radius 3 is 2.67 bits per heavy atom. The first-order valence-electron chi connectivity index (χ1n) is 9.35. The number of hydrogen-bond acceptors (Lipinski definition) is 4. The molecule has 1 atom stereocenters. The highest BCUT2D eigenvalue weighted by Gasteiger charge is 2.30. The average molecular weight is 571 g/mol. The Morgan fingerprint density at radius 1 is 1.33 bits per heavy atom. The molecule has 0 aliphatic carbocycles. The molecule has 2 fully saturated rings. The number of carbonyl (C=O) groups is 1. The fraction of sp³-hybridized carbons (Fsp3) is 0.667. The summed E-state index contributed by atoms with van der Waals surface area (Å²) < 4.78 is 6.70. The number of guanidine groups is 1. The van der Waals surface area contributed by atoms with Crippen molar-refractivity contribution in [3.8, 4) is 0 Å². The van der Waals surface area contributed by atoms with E-state index in [4.69, 9.17) is 9.73 Å². The molecule has 2 aliphatic heterocycles. The monoisotopic (exact) mass is 570 g/mol. The molecule has 0 radical (unpaired) electrons. The number of aliphatic imine (C=N–C) groups is 1.